The van der Waals surface area contributed by atoms with Crippen LogP contribution in [-0.2, 0) is 4.84 Å². The average molecular weight is 524 g/mol. The second-order valence-electron chi connectivity index (χ2n) is 7.39. The lowest BCUT2D eigenvalue weighted by atomic mass is 10.0. The van der Waals surface area contributed by atoms with Crippen LogP contribution >= 0.6 is 28.3 Å². The predicted molar refractivity (Wildman–Crippen MR) is 131 cm³/mol. The summed E-state index contributed by atoms with van der Waals surface area (Å²) < 4.78 is 0.900. The van der Waals surface area contributed by atoms with E-state index in [0.717, 1.165) is 26.6 Å². The molecule has 0 radical (unpaired) electrons. The average Bonchev–Trinajstić information content (AvgIpc) is 3.26. The van der Waals surface area contributed by atoms with Gasteiger partial charge in [0.05, 0.1) is 29.5 Å². The van der Waals surface area contributed by atoms with Crippen LogP contribution in [0.4, 0.5) is 5.69 Å². The Labute approximate surface area is 199 Å². The standard InChI is InChI=1S/C22H23BrN4O4.ClH/c1-27(11-14(29)12-28)8-9-31-26-20-16-4-2-3-5-17(16)24-21(20)19-15-7-6-13(23)10-18(15)25-22(19)30;/h2-7,10,14,25,28-30H,8-9,11-12H2,1H3;1H. The van der Waals surface area contributed by atoms with Crippen LogP contribution in [0.25, 0.3) is 10.9 Å². The number of para-hydroxylation sites is 1. The Morgan fingerprint density at radius 1 is 1.25 bits per heavy atom. The molecule has 4 N–H and O–H groups in total. The number of aromatic amines is 1. The van der Waals surface area contributed by atoms with E-state index in [0.29, 0.717) is 36.7 Å². The highest BCUT2D eigenvalue weighted by Crippen LogP contribution is 2.36. The monoisotopic (exact) mass is 522 g/mol. The van der Waals surface area contributed by atoms with Crippen LogP contribution in [-0.4, -0.2) is 76.1 Å². The molecule has 0 saturated heterocycles. The maximum absolute atomic E-state index is 10.6. The van der Waals surface area contributed by atoms with Gasteiger partial charge in [0.25, 0.3) is 0 Å². The second-order valence-corrected chi connectivity index (χ2v) is 8.30. The number of aliphatic hydroxyl groups excluding tert-OH is 2. The third-order valence-electron chi connectivity index (χ3n) is 5.05. The van der Waals surface area contributed by atoms with Crippen LogP contribution in [0, 0.1) is 0 Å². The van der Waals surface area contributed by atoms with Gasteiger partial charge in [-0.15, -0.1) is 12.4 Å². The molecule has 2 heterocycles. The molecule has 170 valence electrons. The summed E-state index contributed by atoms with van der Waals surface area (Å²) in [5, 5.41) is 34.3. The normalized spacial score (nSPS) is 15.0. The lowest BCUT2D eigenvalue weighted by Crippen LogP contribution is -2.33. The molecule has 8 nitrogen and oxygen atoms in total. The lowest BCUT2D eigenvalue weighted by Gasteiger charge is -2.18. The van der Waals surface area contributed by atoms with Gasteiger partial charge < -0.3 is 30.0 Å². The van der Waals surface area contributed by atoms with Crippen molar-refractivity contribution < 1.29 is 20.2 Å². The van der Waals surface area contributed by atoms with Crippen molar-refractivity contribution in [1.29, 1.82) is 0 Å². The number of aromatic hydroxyl groups is 1. The molecule has 0 amide bonds. The number of aromatic nitrogens is 1. The molecule has 0 fully saturated rings. The summed E-state index contributed by atoms with van der Waals surface area (Å²) in [6.45, 7) is 0.869. The van der Waals surface area contributed by atoms with Gasteiger partial charge in [-0.25, -0.2) is 4.99 Å². The van der Waals surface area contributed by atoms with Crippen molar-refractivity contribution in [3.8, 4) is 5.88 Å². The van der Waals surface area contributed by atoms with E-state index in [2.05, 4.69) is 26.1 Å². The Kier molecular flexibility index (Phi) is 7.91. The maximum atomic E-state index is 10.6. The highest BCUT2D eigenvalue weighted by molar-refractivity contribution is 9.10. The van der Waals surface area contributed by atoms with Gasteiger partial charge >= 0.3 is 0 Å². The Hall–Kier alpha value is -2.43. The van der Waals surface area contributed by atoms with Crippen LogP contribution in [0.1, 0.15) is 11.1 Å². The number of aliphatic imine (C=N–C) groups is 1. The fraction of sp³-hybridized carbons (Fsp3) is 0.273. The number of oxime groups is 1. The summed E-state index contributed by atoms with van der Waals surface area (Å²) in [7, 11) is 1.83. The van der Waals surface area contributed by atoms with Crippen LogP contribution in [0.2, 0.25) is 0 Å². The largest absolute Gasteiger partial charge is 0.494 e. The minimum atomic E-state index is -0.790. The minimum absolute atomic E-state index is 0. The van der Waals surface area contributed by atoms with E-state index in [-0.39, 0.29) is 24.9 Å². The quantitative estimate of drug-likeness (QED) is 0.267. The number of fused-ring (bicyclic) bond motifs is 2. The third-order valence-corrected chi connectivity index (χ3v) is 5.54. The molecule has 0 saturated carbocycles. The first kappa shape index (κ1) is 24.2. The lowest BCUT2D eigenvalue weighted by molar-refractivity contribution is 0.0535. The number of hydrogen-bond donors (Lipinski definition) is 4. The number of benzene rings is 2. The van der Waals surface area contributed by atoms with E-state index in [1.165, 1.54) is 0 Å². The molecule has 10 heteroatoms. The highest BCUT2D eigenvalue weighted by atomic mass is 79.9. The van der Waals surface area contributed by atoms with Gasteiger partial charge in [0, 0.05) is 28.5 Å². The van der Waals surface area contributed by atoms with Gasteiger partial charge in [0.15, 0.2) is 5.88 Å². The maximum Gasteiger partial charge on any atom is 0.199 e. The SMILES string of the molecule is CN(CCON=C1C(c2c(O)[nH]c3cc(Br)ccc23)=Nc2ccccc21)CC(O)CO.Cl. The summed E-state index contributed by atoms with van der Waals surface area (Å²) in [5.41, 5.74) is 4.03. The molecule has 0 spiro atoms. The van der Waals surface area contributed by atoms with Crippen molar-refractivity contribution in [2.24, 2.45) is 10.1 Å². The molecule has 1 aliphatic heterocycles. The molecule has 32 heavy (non-hydrogen) atoms. The second kappa shape index (κ2) is 10.5. The molecule has 0 aliphatic carbocycles. The molecule has 3 aromatic rings. The molecular formula is C22H24BrClN4O4. The minimum Gasteiger partial charge on any atom is -0.494 e. The summed E-state index contributed by atoms with van der Waals surface area (Å²) in [4.78, 5) is 15.1. The van der Waals surface area contributed by atoms with E-state index in [9.17, 15) is 10.2 Å². The molecule has 1 aliphatic rings. The van der Waals surface area contributed by atoms with E-state index in [4.69, 9.17) is 14.9 Å². The molecule has 1 aromatic heterocycles. The van der Waals surface area contributed by atoms with Crippen molar-refractivity contribution in [2.45, 2.75) is 6.10 Å². The first-order valence-corrected chi connectivity index (χ1v) is 10.6. The van der Waals surface area contributed by atoms with Gasteiger partial charge in [0.2, 0.25) is 0 Å². The van der Waals surface area contributed by atoms with Crippen LogP contribution < -0.4 is 0 Å². The Morgan fingerprint density at radius 2 is 2.03 bits per heavy atom. The summed E-state index contributed by atoms with van der Waals surface area (Å²) in [5.74, 6) is 0.0186. The molecule has 2 aromatic carbocycles. The molecular weight excluding hydrogens is 500 g/mol. The Morgan fingerprint density at radius 3 is 2.81 bits per heavy atom. The summed E-state index contributed by atoms with van der Waals surface area (Å²) in [6.07, 6.45) is -0.790. The zero-order valence-electron chi connectivity index (χ0n) is 17.3. The van der Waals surface area contributed by atoms with E-state index in [1.807, 2.05) is 54.4 Å². The van der Waals surface area contributed by atoms with E-state index in [1.54, 1.807) is 0 Å². The van der Waals surface area contributed by atoms with Crippen molar-refractivity contribution in [3.05, 3.63) is 58.1 Å². The summed E-state index contributed by atoms with van der Waals surface area (Å²) in [6, 6.07) is 13.3. The fourth-order valence-electron chi connectivity index (χ4n) is 3.55. The number of aliphatic hydroxyl groups is 2. The Bertz CT molecular complexity index is 1160. The zero-order valence-corrected chi connectivity index (χ0v) is 19.7. The van der Waals surface area contributed by atoms with Gasteiger partial charge in [0.1, 0.15) is 18.0 Å². The number of likely N-dealkylation sites (N-methyl/N-ethyl adjacent to an activating group) is 1. The van der Waals surface area contributed by atoms with E-state index < -0.39 is 6.10 Å². The predicted octanol–water partition coefficient (Wildman–Crippen LogP) is 3.20. The Balaban J connectivity index is 0.00000289. The molecule has 1 unspecified atom stereocenters. The number of nitrogens with one attached hydrogen (secondary N) is 1. The van der Waals surface area contributed by atoms with E-state index >= 15 is 0 Å². The van der Waals surface area contributed by atoms with Crippen molar-refractivity contribution in [1.82, 2.24) is 9.88 Å². The van der Waals surface area contributed by atoms with Crippen LogP contribution in [0.3, 0.4) is 0 Å². The fourth-order valence-corrected chi connectivity index (χ4v) is 3.91. The summed E-state index contributed by atoms with van der Waals surface area (Å²) >= 11 is 3.45. The first-order chi connectivity index (χ1) is 15.0. The topological polar surface area (TPSA) is 114 Å². The molecule has 0 bridgehead atoms. The van der Waals surface area contributed by atoms with Crippen LogP contribution in [0.5, 0.6) is 5.88 Å². The van der Waals surface area contributed by atoms with Gasteiger partial charge in [-0.1, -0.05) is 45.4 Å². The number of nitrogens with zero attached hydrogens (tertiary/aromatic N) is 3. The number of rotatable bonds is 8. The number of H-pyrrole nitrogens is 1. The van der Waals surface area contributed by atoms with Gasteiger partial charge in [-0.2, -0.15) is 0 Å². The zero-order chi connectivity index (χ0) is 22.0. The first-order valence-electron chi connectivity index (χ1n) is 9.84. The number of halogens is 2. The van der Waals surface area contributed by atoms with Crippen molar-refractivity contribution in [2.75, 3.05) is 33.4 Å². The highest BCUT2D eigenvalue weighted by Gasteiger charge is 2.29. The van der Waals surface area contributed by atoms with Gasteiger partial charge in [-0.05, 0) is 25.2 Å². The molecule has 4 rings (SSSR count). The van der Waals surface area contributed by atoms with Gasteiger partial charge in [-0.3, -0.25) is 0 Å². The molecule has 1 atom stereocenters. The third kappa shape index (κ3) is 4.97. The van der Waals surface area contributed by atoms with Crippen molar-refractivity contribution in [3.63, 3.8) is 0 Å². The van der Waals surface area contributed by atoms with Crippen molar-refractivity contribution >= 4 is 56.4 Å². The smallest absolute Gasteiger partial charge is 0.199 e. The number of hydrogen-bond acceptors (Lipinski definition) is 7. The van der Waals surface area contributed by atoms with Crippen LogP contribution in [0.15, 0.2) is 57.1 Å².